The Hall–Kier alpha value is -2.94. The molecule has 0 spiro atoms. The van der Waals surface area contributed by atoms with Gasteiger partial charge in [-0.1, -0.05) is 18.2 Å². The van der Waals surface area contributed by atoms with E-state index in [1.165, 1.54) is 31.4 Å². The first-order valence-electron chi connectivity index (χ1n) is 9.15. The van der Waals surface area contributed by atoms with Crippen LogP contribution in [0.15, 0.2) is 42.5 Å². The van der Waals surface area contributed by atoms with E-state index in [0.717, 1.165) is 5.56 Å². The van der Waals surface area contributed by atoms with Crippen molar-refractivity contribution in [2.45, 2.75) is 25.7 Å². The zero-order valence-electron chi connectivity index (χ0n) is 16.9. The summed E-state index contributed by atoms with van der Waals surface area (Å²) in [6, 6.07) is 10.2. The molecule has 0 saturated heterocycles. The molecule has 2 rings (SSSR count). The molecule has 0 saturated carbocycles. The number of rotatable bonds is 10. The number of benzene rings is 2. The standard InChI is InChI=1S/C21H24F3NO5/c1-14(16-6-9-18(19(13-16)28-3)29-11-10-27-2)25-20(26)12-15-4-7-17(8-5-15)30-21(22,23)24/h4-9,13-14H,10-12H2,1-3H3,(H,25,26). The van der Waals surface area contributed by atoms with Crippen molar-refractivity contribution in [2.75, 3.05) is 27.4 Å². The Balaban J connectivity index is 1.95. The normalized spacial score (nSPS) is 12.2. The van der Waals surface area contributed by atoms with Gasteiger partial charge >= 0.3 is 6.36 Å². The minimum atomic E-state index is -4.75. The van der Waals surface area contributed by atoms with E-state index in [1.807, 2.05) is 13.0 Å². The van der Waals surface area contributed by atoms with Crippen LogP contribution in [-0.4, -0.2) is 39.7 Å². The molecule has 2 aromatic carbocycles. The summed E-state index contributed by atoms with van der Waals surface area (Å²) in [6.07, 6.45) is -4.73. The van der Waals surface area contributed by atoms with E-state index in [1.54, 1.807) is 19.2 Å². The van der Waals surface area contributed by atoms with E-state index in [9.17, 15) is 18.0 Å². The van der Waals surface area contributed by atoms with E-state index >= 15 is 0 Å². The molecular formula is C21H24F3NO5. The van der Waals surface area contributed by atoms with Crippen LogP contribution in [0, 0.1) is 0 Å². The van der Waals surface area contributed by atoms with Gasteiger partial charge in [-0.3, -0.25) is 4.79 Å². The Kier molecular flexibility index (Phi) is 8.35. The molecule has 6 nitrogen and oxygen atoms in total. The SMILES string of the molecule is COCCOc1ccc(C(C)NC(=O)Cc2ccc(OC(F)(F)F)cc2)cc1OC. The second-order valence-corrected chi connectivity index (χ2v) is 6.41. The molecule has 1 unspecified atom stereocenters. The smallest absolute Gasteiger partial charge is 0.493 e. The van der Waals surface area contributed by atoms with Crippen LogP contribution in [0.25, 0.3) is 0 Å². The molecule has 0 aliphatic carbocycles. The highest BCUT2D eigenvalue weighted by Gasteiger charge is 2.31. The number of halogens is 3. The minimum absolute atomic E-state index is 0.0198. The van der Waals surface area contributed by atoms with Crippen molar-refractivity contribution < 1.29 is 36.9 Å². The molecule has 0 bridgehead atoms. The summed E-state index contributed by atoms with van der Waals surface area (Å²) in [4.78, 5) is 12.3. The first kappa shape index (κ1) is 23.3. The molecule has 0 aliphatic heterocycles. The molecule has 164 valence electrons. The molecule has 0 fully saturated rings. The molecular weight excluding hydrogens is 403 g/mol. The number of amides is 1. The third-order valence-electron chi connectivity index (χ3n) is 4.13. The molecule has 0 aliphatic rings. The van der Waals surface area contributed by atoms with Crippen LogP contribution in [0.2, 0.25) is 0 Å². The largest absolute Gasteiger partial charge is 0.573 e. The lowest BCUT2D eigenvalue weighted by Crippen LogP contribution is -2.28. The van der Waals surface area contributed by atoms with Gasteiger partial charge in [0.1, 0.15) is 12.4 Å². The molecule has 0 radical (unpaired) electrons. The average molecular weight is 427 g/mol. The fourth-order valence-corrected chi connectivity index (χ4v) is 2.68. The zero-order chi connectivity index (χ0) is 22.1. The van der Waals surface area contributed by atoms with E-state index in [2.05, 4.69) is 10.1 Å². The Labute approximate surface area is 172 Å². The second-order valence-electron chi connectivity index (χ2n) is 6.41. The molecule has 0 heterocycles. The van der Waals surface area contributed by atoms with Crippen molar-refractivity contribution in [3.8, 4) is 17.2 Å². The van der Waals surface area contributed by atoms with Gasteiger partial charge in [0, 0.05) is 7.11 Å². The Morgan fingerprint density at radius 2 is 1.73 bits per heavy atom. The maximum absolute atomic E-state index is 12.3. The number of carbonyl (C=O) groups excluding carboxylic acids is 1. The van der Waals surface area contributed by atoms with Gasteiger partial charge < -0.3 is 24.3 Å². The van der Waals surface area contributed by atoms with Gasteiger partial charge in [-0.15, -0.1) is 13.2 Å². The molecule has 9 heteroatoms. The maximum atomic E-state index is 12.3. The number of methoxy groups -OCH3 is 2. The second kappa shape index (κ2) is 10.7. The number of alkyl halides is 3. The highest BCUT2D eigenvalue weighted by molar-refractivity contribution is 5.79. The first-order valence-corrected chi connectivity index (χ1v) is 9.15. The van der Waals surface area contributed by atoms with Gasteiger partial charge in [0.2, 0.25) is 5.91 Å². The van der Waals surface area contributed by atoms with E-state index < -0.39 is 6.36 Å². The van der Waals surface area contributed by atoms with Gasteiger partial charge in [0.15, 0.2) is 11.5 Å². The van der Waals surface area contributed by atoms with Gasteiger partial charge in [-0.25, -0.2) is 0 Å². The van der Waals surface area contributed by atoms with Crippen LogP contribution < -0.4 is 19.5 Å². The Morgan fingerprint density at radius 3 is 2.33 bits per heavy atom. The summed E-state index contributed by atoms with van der Waals surface area (Å²) in [6.45, 7) is 2.64. The lowest BCUT2D eigenvalue weighted by Gasteiger charge is -2.17. The summed E-state index contributed by atoms with van der Waals surface area (Å²) in [5, 5.41) is 2.85. The molecule has 1 amide bonds. The molecule has 1 atom stereocenters. The van der Waals surface area contributed by atoms with Crippen LogP contribution >= 0.6 is 0 Å². The molecule has 1 N–H and O–H groups in total. The van der Waals surface area contributed by atoms with Gasteiger partial charge in [-0.2, -0.15) is 0 Å². The van der Waals surface area contributed by atoms with Crippen molar-refractivity contribution in [1.29, 1.82) is 0 Å². The average Bonchev–Trinajstić information content (AvgIpc) is 2.68. The van der Waals surface area contributed by atoms with Gasteiger partial charge in [-0.05, 0) is 42.3 Å². The lowest BCUT2D eigenvalue weighted by atomic mass is 10.1. The number of hydrogen-bond acceptors (Lipinski definition) is 5. The molecule has 30 heavy (non-hydrogen) atoms. The fourth-order valence-electron chi connectivity index (χ4n) is 2.68. The van der Waals surface area contributed by atoms with Crippen molar-refractivity contribution in [1.82, 2.24) is 5.32 Å². The van der Waals surface area contributed by atoms with Crippen LogP contribution in [0.5, 0.6) is 17.2 Å². The highest BCUT2D eigenvalue weighted by Crippen LogP contribution is 2.30. The summed E-state index contributed by atoms with van der Waals surface area (Å²) < 4.78 is 56.3. The van der Waals surface area contributed by atoms with Gasteiger partial charge in [0.25, 0.3) is 0 Å². The van der Waals surface area contributed by atoms with Crippen molar-refractivity contribution >= 4 is 5.91 Å². The summed E-state index contributed by atoms with van der Waals surface area (Å²) in [5.41, 5.74) is 1.38. The summed E-state index contributed by atoms with van der Waals surface area (Å²) >= 11 is 0. The van der Waals surface area contributed by atoms with E-state index in [0.29, 0.717) is 30.3 Å². The number of carbonyl (C=O) groups is 1. The van der Waals surface area contributed by atoms with E-state index in [4.69, 9.17) is 14.2 Å². The van der Waals surface area contributed by atoms with Crippen LogP contribution in [0.4, 0.5) is 13.2 Å². The monoisotopic (exact) mass is 427 g/mol. The predicted molar refractivity (Wildman–Crippen MR) is 104 cm³/mol. The number of hydrogen-bond donors (Lipinski definition) is 1. The van der Waals surface area contributed by atoms with Crippen LogP contribution in [0.3, 0.4) is 0 Å². The molecule has 0 aromatic heterocycles. The maximum Gasteiger partial charge on any atom is 0.573 e. The highest BCUT2D eigenvalue weighted by atomic mass is 19.4. The topological polar surface area (TPSA) is 66.0 Å². The van der Waals surface area contributed by atoms with Crippen LogP contribution in [0.1, 0.15) is 24.1 Å². The lowest BCUT2D eigenvalue weighted by molar-refractivity contribution is -0.274. The fraction of sp³-hybridized carbons (Fsp3) is 0.381. The first-order chi connectivity index (χ1) is 14.2. The van der Waals surface area contributed by atoms with E-state index in [-0.39, 0.29) is 24.1 Å². The Bertz CT molecular complexity index is 824. The number of nitrogens with one attached hydrogen (secondary N) is 1. The van der Waals surface area contributed by atoms with Crippen molar-refractivity contribution in [2.24, 2.45) is 0 Å². The Morgan fingerprint density at radius 1 is 1.03 bits per heavy atom. The summed E-state index contributed by atoms with van der Waals surface area (Å²) in [5.74, 6) is 0.495. The summed E-state index contributed by atoms with van der Waals surface area (Å²) in [7, 11) is 3.11. The third-order valence-corrected chi connectivity index (χ3v) is 4.13. The molecule has 2 aromatic rings. The minimum Gasteiger partial charge on any atom is -0.493 e. The quantitative estimate of drug-likeness (QED) is 0.580. The van der Waals surface area contributed by atoms with Gasteiger partial charge in [0.05, 0.1) is 26.2 Å². The van der Waals surface area contributed by atoms with Crippen molar-refractivity contribution in [3.63, 3.8) is 0 Å². The number of ether oxygens (including phenoxy) is 4. The predicted octanol–water partition coefficient (Wildman–Crippen LogP) is 4.04. The van der Waals surface area contributed by atoms with Crippen molar-refractivity contribution in [3.05, 3.63) is 53.6 Å². The zero-order valence-corrected chi connectivity index (χ0v) is 16.9. The van der Waals surface area contributed by atoms with Crippen LogP contribution in [-0.2, 0) is 16.0 Å². The third kappa shape index (κ3) is 7.47.